The Hall–Kier alpha value is -3.18. The van der Waals surface area contributed by atoms with E-state index in [4.69, 9.17) is 4.74 Å². The first-order chi connectivity index (χ1) is 15.4. The highest BCUT2D eigenvalue weighted by molar-refractivity contribution is 7.99. The molecule has 11 heteroatoms. The summed E-state index contributed by atoms with van der Waals surface area (Å²) in [6.45, 7) is 8.28. The summed E-state index contributed by atoms with van der Waals surface area (Å²) in [5, 5.41) is 15.1. The lowest BCUT2D eigenvalue weighted by Crippen LogP contribution is -2.24. The van der Waals surface area contributed by atoms with Crippen molar-refractivity contribution in [2.24, 2.45) is 0 Å². The number of hydrogen-bond donors (Lipinski definition) is 2. The van der Waals surface area contributed by atoms with Gasteiger partial charge < -0.3 is 19.9 Å². The van der Waals surface area contributed by atoms with Crippen molar-refractivity contribution in [1.29, 1.82) is 0 Å². The molecule has 168 valence electrons. The van der Waals surface area contributed by atoms with E-state index in [2.05, 4.69) is 32.4 Å². The number of methoxy groups -OCH3 is 1. The molecule has 0 saturated heterocycles. The van der Waals surface area contributed by atoms with Crippen molar-refractivity contribution < 1.29 is 14.3 Å². The molecule has 1 aromatic carbocycles. The lowest BCUT2D eigenvalue weighted by atomic mass is 10.2. The van der Waals surface area contributed by atoms with Crippen LogP contribution in [0.2, 0.25) is 0 Å². The zero-order chi connectivity index (χ0) is 23.1. The molecule has 0 atom stereocenters. The molecule has 2 aromatic heterocycles. The molecule has 3 rings (SSSR count). The molecule has 0 aliphatic rings. The SMILES string of the molecule is C=CCn1c(CNC(=O)c2ccc(OC)cc2)nnc1SCC(=O)Nc1nc(C)c(C)s1. The third kappa shape index (κ3) is 5.95. The molecule has 9 nitrogen and oxygen atoms in total. The van der Waals surface area contributed by atoms with Gasteiger partial charge in [-0.05, 0) is 38.1 Å². The van der Waals surface area contributed by atoms with Crippen LogP contribution in [0.5, 0.6) is 5.75 Å². The number of amides is 2. The topological polar surface area (TPSA) is 111 Å². The van der Waals surface area contributed by atoms with Crippen LogP contribution in [-0.2, 0) is 17.9 Å². The first-order valence-corrected chi connectivity index (χ1v) is 11.5. The monoisotopic (exact) mass is 472 g/mol. The Balaban J connectivity index is 1.59. The number of ether oxygens (including phenoxy) is 1. The summed E-state index contributed by atoms with van der Waals surface area (Å²) in [5.74, 6) is 0.999. The van der Waals surface area contributed by atoms with Crippen molar-refractivity contribution in [2.75, 3.05) is 18.2 Å². The quantitative estimate of drug-likeness (QED) is 0.344. The number of benzene rings is 1. The molecule has 0 bridgehead atoms. The van der Waals surface area contributed by atoms with Gasteiger partial charge in [0.2, 0.25) is 5.91 Å². The van der Waals surface area contributed by atoms with Gasteiger partial charge in [0, 0.05) is 17.0 Å². The minimum Gasteiger partial charge on any atom is -0.497 e. The predicted molar refractivity (Wildman–Crippen MR) is 125 cm³/mol. The number of nitrogens with one attached hydrogen (secondary N) is 2. The van der Waals surface area contributed by atoms with Crippen LogP contribution < -0.4 is 15.4 Å². The van der Waals surface area contributed by atoms with E-state index < -0.39 is 0 Å². The first-order valence-electron chi connectivity index (χ1n) is 9.73. The second-order valence-corrected chi connectivity index (χ2v) is 8.85. The van der Waals surface area contributed by atoms with Crippen molar-refractivity contribution >= 4 is 40.0 Å². The molecule has 0 aliphatic heterocycles. The summed E-state index contributed by atoms with van der Waals surface area (Å²) in [6.07, 6.45) is 1.71. The molecule has 2 heterocycles. The van der Waals surface area contributed by atoms with Crippen LogP contribution >= 0.6 is 23.1 Å². The number of aryl methyl sites for hydroxylation is 2. The molecule has 2 amide bonds. The van der Waals surface area contributed by atoms with E-state index in [0.29, 0.717) is 34.0 Å². The summed E-state index contributed by atoms with van der Waals surface area (Å²) in [7, 11) is 1.57. The Morgan fingerprint density at radius 2 is 2.00 bits per heavy atom. The van der Waals surface area contributed by atoms with E-state index in [9.17, 15) is 9.59 Å². The molecule has 0 spiro atoms. The van der Waals surface area contributed by atoms with Gasteiger partial charge in [0.05, 0.1) is 25.1 Å². The summed E-state index contributed by atoms with van der Waals surface area (Å²) in [4.78, 5) is 30.1. The van der Waals surface area contributed by atoms with Gasteiger partial charge in [0.15, 0.2) is 16.1 Å². The standard InChI is InChI=1S/C21H24N6O3S2/c1-5-10-27-17(11-22-19(29)15-6-8-16(30-4)9-7-15)25-26-21(27)31-12-18(28)24-20-23-13(2)14(3)32-20/h5-9H,1,10-12H2,2-4H3,(H,22,29)(H,23,24,28). The molecule has 2 N–H and O–H groups in total. The van der Waals surface area contributed by atoms with Gasteiger partial charge >= 0.3 is 0 Å². The van der Waals surface area contributed by atoms with E-state index in [0.717, 1.165) is 10.6 Å². The molecule has 0 fully saturated rings. The number of anilines is 1. The molecule has 0 aliphatic carbocycles. The Labute approximate surface area is 194 Å². The van der Waals surface area contributed by atoms with Crippen molar-refractivity contribution in [3.8, 4) is 5.75 Å². The number of hydrogen-bond acceptors (Lipinski definition) is 8. The molecule has 0 radical (unpaired) electrons. The van der Waals surface area contributed by atoms with Gasteiger partial charge in [-0.3, -0.25) is 9.59 Å². The van der Waals surface area contributed by atoms with Gasteiger partial charge in [-0.15, -0.1) is 28.1 Å². The molecule has 0 unspecified atom stereocenters. The highest BCUT2D eigenvalue weighted by atomic mass is 32.2. The maximum absolute atomic E-state index is 12.4. The van der Waals surface area contributed by atoms with Gasteiger partial charge in [-0.25, -0.2) is 4.98 Å². The van der Waals surface area contributed by atoms with Crippen molar-refractivity contribution in [1.82, 2.24) is 25.1 Å². The highest BCUT2D eigenvalue weighted by Crippen LogP contribution is 2.22. The van der Waals surface area contributed by atoms with Gasteiger partial charge in [-0.2, -0.15) is 0 Å². The third-order valence-electron chi connectivity index (χ3n) is 4.47. The lowest BCUT2D eigenvalue weighted by Gasteiger charge is -2.09. The number of nitrogens with zero attached hydrogens (tertiary/aromatic N) is 4. The highest BCUT2D eigenvalue weighted by Gasteiger charge is 2.16. The summed E-state index contributed by atoms with van der Waals surface area (Å²) in [6, 6.07) is 6.83. The van der Waals surface area contributed by atoms with Gasteiger partial charge in [0.25, 0.3) is 5.91 Å². The Kier molecular flexibility index (Phi) is 8.01. The normalized spacial score (nSPS) is 10.6. The number of thioether (sulfide) groups is 1. The van der Waals surface area contributed by atoms with E-state index in [1.165, 1.54) is 23.1 Å². The third-order valence-corrected chi connectivity index (χ3v) is 6.43. The zero-order valence-corrected chi connectivity index (χ0v) is 19.7. The second-order valence-electron chi connectivity index (χ2n) is 6.71. The van der Waals surface area contributed by atoms with Crippen molar-refractivity contribution in [3.05, 3.63) is 58.9 Å². The number of carbonyl (C=O) groups excluding carboxylic acids is 2. The van der Waals surface area contributed by atoms with Crippen LogP contribution in [0.15, 0.2) is 42.1 Å². The number of aromatic nitrogens is 4. The number of carbonyl (C=O) groups is 2. The lowest BCUT2D eigenvalue weighted by molar-refractivity contribution is -0.113. The number of rotatable bonds is 10. The molecule has 3 aromatic rings. The van der Waals surface area contributed by atoms with Crippen LogP contribution in [0.4, 0.5) is 5.13 Å². The number of thiazole rings is 1. The van der Waals surface area contributed by atoms with Crippen molar-refractivity contribution in [3.63, 3.8) is 0 Å². The fourth-order valence-electron chi connectivity index (χ4n) is 2.68. The van der Waals surface area contributed by atoms with E-state index >= 15 is 0 Å². The van der Waals surface area contributed by atoms with Crippen LogP contribution in [0.25, 0.3) is 0 Å². The first kappa shape index (κ1) is 23.5. The maximum atomic E-state index is 12.4. The molecule has 32 heavy (non-hydrogen) atoms. The Morgan fingerprint density at radius 3 is 2.62 bits per heavy atom. The summed E-state index contributed by atoms with van der Waals surface area (Å²) >= 11 is 2.70. The van der Waals surface area contributed by atoms with Gasteiger partial charge in [0.1, 0.15) is 5.75 Å². The van der Waals surface area contributed by atoms with E-state index in [1.807, 2.05) is 18.4 Å². The van der Waals surface area contributed by atoms with Crippen LogP contribution in [0.1, 0.15) is 26.8 Å². The molecule has 0 saturated carbocycles. The van der Waals surface area contributed by atoms with Crippen LogP contribution in [0, 0.1) is 13.8 Å². The molecular weight excluding hydrogens is 448 g/mol. The molecular formula is C21H24N6O3S2. The van der Waals surface area contributed by atoms with E-state index in [1.54, 1.807) is 37.5 Å². The average molecular weight is 473 g/mol. The largest absolute Gasteiger partial charge is 0.497 e. The van der Waals surface area contributed by atoms with Crippen LogP contribution in [-0.4, -0.2) is 44.4 Å². The summed E-state index contributed by atoms with van der Waals surface area (Å²) in [5.41, 5.74) is 1.42. The maximum Gasteiger partial charge on any atom is 0.251 e. The van der Waals surface area contributed by atoms with E-state index in [-0.39, 0.29) is 24.1 Å². The van der Waals surface area contributed by atoms with Crippen molar-refractivity contribution in [2.45, 2.75) is 32.1 Å². The Bertz CT molecular complexity index is 1090. The Morgan fingerprint density at radius 1 is 1.25 bits per heavy atom. The van der Waals surface area contributed by atoms with Crippen LogP contribution in [0.3, 0.4) is 0 Å². The number of allylic oxidation sites excluding steroid dienone is 1. The minimum atomic E-state index is -0.233. The average Bonchev–Trinajstić information content (AvgIpc) is 3.32. The second kappa shape index (κ2) is 10.9. The minimum absolute atomic E-state index is 0.158. The zero-order valence-electron chi connectivity index (χ0n) is 18.0. The van der Waals surface area contributed by atoms with Gasteiger partial charge in [-0.1, -0.05) is 17.8 Å². The predicted octanol–water partition coefficient (Wildman–Crippen LogP) is 3.21. The smallest absolute Gasteiger partial charge is 0.251 e. The fraction of sp³-hybridized carbons (Fsp3) is 0.286. The fourth-order valence-corrected chi connectivity index (χ4v) is 4.28. The summed E-state index contributed by atoms with van der Waals surface area (Å²) < 4.78 is 6.92.